The van der Waals surface area contributed by atoms with Gasteiger partial charge in [0, 0.05) is 24.2 Å². The average molecular weight is 209 g/mol. The number of anilines is 1. The first-order valence-corrected chi connectivity index (χ1v) is 4.68. The molecule has 0 saturated heterocycles. The Kier molecular flexibility index (Phi) is 3.55. The first-order chi connectivity index (χ1) is 7.13. The highest BCUT2D eigenvalue weighted by atomic mass is 16.5. The number of carbonyl (C=O) groups excluding carboxylic acids is 1. The zero-order valence-corrected chi connectivity index (χ0v) is 9.16. The lowest BCUT2D eigenvalue weighted by Crippen LogP contribution is -2.05. The summed E-state index contributed by atoms with van der Waals surface area (Å²) in [6, 6.07) is 3.27. The molecule has 0 atom stereocenters. The van der Waals surface area contributed by atoms with Gasteiger partial charge in [-0.3, -0.25) is 4.79 Å². The first kappa shape index (κ1) is 11.4. The third kappa shape index (κ3) is 2.21. The molecule has 0 aromatic heterocycles. The van der Waals surface area contributed by atoms with Gasteiger partial charge in [0.2, 0.25) is 0 Å². The summed E-state index contributed by atoms with van der Waals surface area (Å²) in [7, 11) is 3.04. The summed E-state index contributed by atoms with van der Waals surface area (Å²) < 4.78 is 10.1. The Morgan fingerprint density at radius 1 is 1.33 bits per heavy atom. The molecule has 4 nitrogen and oxygen atoms in total. The molecule has 15 heavy (non-hydrogen) atoms. The van der Waals surface area contributed by atoms with E-state index in [0.29, 0.717) is 29.2 Å². The van der Waals surface area contributed by atoms with E-state index < -0.39 is 0 Å². The normalized spacial score (nSPS) is 9.80. The fourth-order valence-electron chi connectivity index (χ4n) is 1.36. The van der Waals surface area contributed by atoms with Crippen molar-refractivity contribution in [3.8, 4) is 11.5 Å². The van der Waals surface area contributed by atoms with Gasteiger partial charge in [0.25, 0.3) is 0 Å². The summed E-state index contributed by atoms with van der Waals surface area (Å²) >= 11 is 0. The van der Waals surface area contributed by atoms with Crippen molar-refractivity contribution in [1.82, 2.24) is 0 Å². The van der Waals surface area contributed by atoms with Gasteiger partial charge < -0.3 is 15.2 Å². The topological polar surface area (TPSA) is 61.6 Å². The summed E-state index contributed by atoms with van der Waals surface area (Å²) in [6.07, 6.45) is 0.396. The first-order valence-electron chi connectivity index (χ1n) is 4.68. The van der Waals surface area contributed by atoms with Crippen molar-refractivity contribution in [3.05, 3.63) is 17.7 Å². The largest absolute Gasteiger partial charge is 0.497 e. The molecule has 0 aliphatic heterocycles. The monoisotopic (exact) mass is 209 g/mol. The maximum absolute atomic E-state index is 11.6. The van der Waals surface area contributed by atoms with E-state index in [1.165, 1.54) is 14.2 Å². The summed E-state index contributed by atoms with van der Waals surface area (Å²) in [5.74, 6) is 1.00. The molecule has 1 aromatic carbocycles. The molecule has 0 amide bonds. The predicted octanol–water partition coefficient (Wildman–Crippen LogP) is 1.88. The van der Waals surface area contributed by atoms with Crippen molar-refractivity contribution in [2.45, 2.75) is 13.3 Å². The van der Waals surface area contributed by atoms with E-state index in [1.807, 2.05) is 0 Å². The summed E-state index contributed by atoms with van der Waals surface area (Å²) in [5, 5.41) is 0. The molecule has 0 bridgehead atoms. The Morgan fingerprint density at radius 2 is 2.00 bits per heavy atom. The Balaban J connectivity index is 3.30. The highest BCUT2D eigenvalue weighted by molar-refractivity contribution is 6.03. The van der Waals surface area contributed by atoms with Crippen LogP contribution >= 0.6 is 0 Å². The molecule has 0 aliphatic rings. The van der Waals surface area contributed by atoms with Crippen LogP contribution in [-0.4, -0.2) is 20.0 Å². The van der Waals surface area contributed by atoms with Crippen molar-refractivity contribution in [2.75, 3.05) is 20.0 Å². The molecule has 82 valence electrons. The lowest BCUT2D eigenvalue weighted by atomic mass is 10.1. The predicted molar refractivity (Wildman–Crippen MR) is 58.6 cm³/mol. The van der Waals surface area contributed by atoms with Crippen LogP contribution in [0.5, 0.6) is 11.5 Å². The maximum atomic E-state index is 11.6. The van der Waals surface area contributed by atoms with E-state index in [9.17, 15) is 4.79 Å². The number of hydrogen-bond acceptors (Lipinski definition) is 4. The highest BCUT2D eigenvalue weighted by Crippen LogP contribution is 2.31. The molecule has 0 fully saturated rings. The molecular weight excluding hydrogens is 194 g/mol. The number of hydrogen-bond donors (Lipinski definition) is 1. The lowest BCUT2D eigenvalue weighted by molar-refractivity contribution is 0.0986. The van der Waals surface area contributed by atoms with Crippen molar-refractivity contribution in [2.24, 2.45) is 0 Å². The molecule has 0 aliphatic carbocycles. The van der Waals surface area contributed by atoms with Crippen LogP contribution in [0.2, 0.25) is 0 Å². The van der Waals surface area contributed by atoms with Crippen molar-refractivity contribution in [3.63, 3.8) is 0 Å². The lowest BCUT2D eigenvalue weighted by Gasteiger charge is -2.11. The van der Waals surface area contributed by atoms with Gasteiger partial charge in [-0.25, -0.2) is 0 Å². The number of Topliss-reactive ketones (excluding diaryl/α,β-unsaturated/α-hetero) is 1. The van der Waals surface area contributed by atoms with E-state index in [1.54, 1.807) is 19.1 Å². The van der Waals surface area contributed by atoms with Crippen LogP contribution in [-0.2, 0) is 0 Å². The molecule has 2 N–H and O–H groups in total. The zero-order valence-electron chi connectivity index (χ0n) is 9.16. The quantitative estimate of drug-likeness (QED) is 0.607. The summed E-state index contributed by atoms with van der Waals surface area (Å²) in [6.45, 7) is 1.78. The van der Waals surface area contributed by atoms with Crippen LogP contribution in [0.15, 0.2) is 12.1 Å². The van der Waals surface area contributed by atoms with Gasteiger partial charge in [-0.05, 0) is 0 Å². The smallest absolute Gasteiger partial charge is 0.168 e. The van der Waals surface area contributed by atoms with Crippen molar-refractivity contribution in [1.29, 1.82) is 0 Å². The molecule has 4 heteroatoms. The number of nitrogens with two attached hydrogens (primary N) is 1. The fraction of sp³-hybridized carbons (Fsp3) is 0.364. The minimum atomic E-state index is -0.0352. The van der Waals surface area contributed by atoms with E-state index in [-0.39, 0.29) is 5.78 Å². The van der Waals surface area contributed by atoms with Gasteiger partial charge in [0.15, 0.2) is 5.78 Å². The van der Waals surface area contributed by atoms with Crippen LogP contribution in [0.4, 0.5) is 5.69 Å². The molecule has 0 unspecified atom stereocenters. The van der Waals surface area contributed by atoms with Gasteiger partial charge in [0.1, 0.15) is 11.5 Å². The van der Waals surface area contributed by atoms with Gasteiger partial charge in [-0.15, -0.1) is 0 Å². The van der Waals surface area contributed by atoms with E-state index in [2.05, 4.69) is 0 Å². The molecule has 0 heterocycles. The van der Waals surface area contributed by atoms with Gasteiger partial charge >= 0.3 is 0 Å². The van der Waals surface area contributed by atoms with Crippen molar-refractivity contribution < 1.29 is 14.3 Å². The zero-order chi connectivity index (χ0) is 11.4. The fourth-order valence-corrected chi connectivity index (χ4v) is 1.36. The van der Waals surface area contributed by atoms with Gasteiger partial charge in [-0.2, -0.15) is 0 Å². The summed E-state index contributed by atoms with van der Waals surface area (Å²) in [4.78, 5) is 11.6. The Bertz CT molecular complexity index is 374. The van der Waals surface area contributed by atoms with Crippen molar-refractivity contribution >= 4 is 11.5 Å². The third-order valence-electron chi connectivity index (χ3n) is 2.16. The summed E-state index contributed by atoms with van der Waals surface area (Å²) in [5.41, 5.74) is 6.59. The van der Waals surface area contributed by atoms with Gasteiger partial charge in [0.05, 0.1) is 19.8 Å². The minimum Gasteiger partial charge on any atom is -0.497 e. The van der Waals surface area contributed by atoms with Crippen LogP contribution in [0.25, 0.3) is 0 Å². The standard InChI is InChI=1S/C11H15NO3/c1-4-9(13)11-8(12)5-7(14-2)6-10(11)15-3/h5-6H,4,12H2,1-3H3. The molecular formula is C11H15NO3. The maximum Gasteiger partial charge on any atom is 0.168 e. The second-order valence-corrected chi connectivity index (χ2v) is 3.07. The second-order valence-electron chi connectivity index (χ2n) is 3.07. The number of benzene rings is 1. The molecule has 0 radical (unpaired) electrons. The van der Waals surface area contributed by atoms with Gasteiger partial charge in [-0.1, -0.05) is 6.92 Å². The number of carbonyl (C=O) groups is 1. The van der Waals surface area contributed by atoms with Crippen LogP contribution < -0.4 is 15.2 Å². The van der Waals surface area contributed by atoms with Crippen LogP contribution in [0.3, 0.4) is 0 Å². The third-order valence-corrected chi connectivity index (χ3v) is 2.16. The second kappa shape index (κ2) is 4.68. The SMILES string of the molecule is CCC(=O)c1c(N)cc(OC)cc1OC. The highest BCUT2D eigenvalue weighted by Gasteiger charge is 2.15. The number of methoxy groups -OCH3 is 2. The number of ether oxygens (including phenoxy) is 2. The number of rotatable bonds is 4. The Hall–Kier alpha value is -1.71. The average Bonchev–Trinajstić information content (AvgIpc) is 2.26. The Labute approximate surface area is 89.0 Å². The van der Waals surface area contributed by atoms with E-state index in [4.69, 9.17) is 15.2 Å². The molecule has 1 rings (SSSR count). The van der Waals surface area contributed by atoms with Crippen LogP contribution in [0.1, 0.15) is 23.7 Å². The minimum absolute atomic E-state index is 0.0352. The Morgan fingerprint density at radius 3 is 2.47 bits per heavy atom. The van der Waals surface area contributed by atoms with E-state index in [0.717, 1.165) is 0 Å². The number of nitrogen functional groups attached to an aromatic ring is 1. The molecule has 0 saturated carbocycles. The van der Waals surface area contributed by atoms with Crippen LogP contribution in [0, 0.1) is 0 Å². The van der Waals surface area contributed by atoms with E-state index >= 15 is 0 Å². The number of ketones is 1. The molecule has 1 aromatic rings. The molecule has 0 spiro atoms.